The molecule has 22 heavy (non-hydrogen) atoms. The minimum atomic E-state index is -1.03. The average Bonchev–Trinajstić information content (AvgIpc) is 2.76. The number of nitrogens with two attached hydrogens (primary N) is 1. The number of primary amides is 1. The Kier molecular flexibility index (Phi) is 3.16. The molecule has 1 unspecified atom stereocenters. The highest BCUT2D eigenvalue weighted by molar-refractivity contribution is 6.11. The Balaban J connectivity index is 1.98. The first-order chi connectivity index (χ1) is 10.4. The predicted molar refractivity (Wildman–Crippen MR) is 71.0 cm³/mol. The summed E-state index contributed by atoms with van der Waals surface area (Å²) >= 11 is 0. The molecule has 0 saturated carbocycles. The largest absolute Gasteiger partial charge is 0.365 e. The molecule has 2 aliphatic rings. The number of carbonyl (C=O) groups is 4. The van der Waals surface area contributed by atoms with Gasteiger partial charge in [-0.05, 0) is 18.1 Å². The lowest BCUT2D eigenvalue weighted by atomic mass is 10.0. The Bertz CT molecular complexity index is 731. The Morgan fingerprint density at radius 2 is 2.05 bits per heavy atom. The number of fused-ring (bicyclic) bond motifs is 1. The van der Waals surface area contributed by atoms with Crippen LogP contribution in [0.15, 0.2) is 12.1 Å². The summed E-state index contributed by atoms with van der Waals surface area (Å²) in [6.45, 7) is 0.0704. The van der Waals surface area contributed by atoms with Crippen molar-refractivity contribution >= 4 is 23.6 Å². The summed E-state index contributed by atoms with van der Waals surface area (Å²) in [4.78, 5) is 48.2. The molecule has 0 aliphatic carbocycles. The fraction of sp³-hybridized carbons (Fsp3) is 0.286. The van der Waals surface area contributed by atoms with Crippen molar-refractivity contribution in [1.29, 1.82) is 0 Å². The zero-order chi connectivity index (χ0) is 16.0. The second kappa shape index (κ2) is 4.90. The van der Waals surface area contributed by atoms with E-state index in [0.29, 0.717) is 5.56 Å². The van der Waals surface area contributed by atoms with E-state index in [1.807, 2.05) is 0 Å². The molecule has 114 valence electrons. The fourth-order valence-electron chi connectivity index (χ4n) is 2.87. The number of carbonyl (C=O) groups excluding carboxylic acids is 4. The van der Waals surface area contributed by atoms with Crippen LogP contribution in [-0.4, -0.2) is 34.6 Å². The maximum atomic E-state index is 13.8. The highest BCUT2D eigenvalue weighted by Gasteiger charge is 2.41. The normalized spacial score (nSPS) is 20.9. The quantitative estimate of drug-likeness (QED) is 0.730. The Labute approximate surface area is 124 Å². The van der Waals surface area contributed by atoms with Gasteiger partial charge in [0.15, 0.2) is 0 Å². The van der Waals surface area contributed by atoms with Gasteiger partial charge in [-0.25, -0.2) is 4.39 Å². The molecule has 1 atom stereocenters. The predicted octanol–water partition coefficient (Wildman–Crippen LogP) is -0.314. The van der Waals surface area contributed by atoms with Crippen LogP contribution >= 0.6 is 0 Å². The lowest BCUT2D eigenvalue weighted by Crippen LogP contribution is -2.52. The van der Waals surface area contributed by atoms with Gasteiger partial charge in [-0.2, -0.15) is 0 Å². The molecular formula is C14H12FN3O4. The summed E-state index contributed by atoms with van der Waals surface area (Å²) in [5.74, 6) is -3.50. The summed E-state index contributed by atoms with van der Waals surface area (Å²) < 4.78 is 13.8. The molecule has 2 heterocycles. The van der Waals surface area contributed by atoms with Crippen LogP contribution in [-0.2, 0) is 16.1 Å². The van der Waals surface area contributed by atoms with E-state index in [9.17, 15) is 23.6 Å². The monoisotopic (exact) mass is 305 g/mol. The molecule has 1 saturated heterocycles. The Morgan fingerprint density at radius 3 is 2.68 bits per heavy atom. The van der Waals surface area contributed by atoms with Gasteiger partial charge in [0.25, 0.3) is 11.8 Å². The van der Waals surface area contributed by atoms with Crippen molar-refractivity contribution in [2.75, 3.05) is 0 Å². The van der Waals surface area contributed by atoms with Gasteiger partial charge in [-0.3, -0.25) is 24.5 Å². The molecule has 3 rings (SSSR count). The lowest BCUT2D eigenvalue weighted by Gasteiger charge is -2.29. The summed E-state index contributed by atoms with van der Waals surface area (Å²) in [7, 11) is 0. The number of rotatable bonds is 2. The summed E-state index contributed by atoms with van der Waals surface area (Å²) in [6.07, 6.45) is 0.312. The molecule has 1 fully saturated rings. The molecule has 3 N–H and O–H groups in total. The third kappa shape index (κ3) is 2.03. The van der Waals surface area contributed by atoms with Gasteiger partial charge in [0, 0.05) is 13.0 Å². The third-order valence-electron chi connectivity index (χ3n) is 3.89. The standard InChI is InChI=1S/C14H12FN3O4/c15-7-2-1-6-5-18(8-3-4-9(19)17-13(8)21)14(22)10(6)11(7)12(16)20/h1-2,8H,3-5H2,(H2,16,20)(H,17,19,21). The average molecular weight is 305 g/mol. The summed E-state index contributed by atoms with van der Waals surface area (Å²) in [6, 6.07) is 1.64. The van der Waals surface area contributed by atoms with Crippen LogP contribution in [0.4, 0.5) is 4.39 Å². The van der Waals surface area contributed by atoms with Gasteiger partial charge >= 0.3 is 0 Å². The number of halogens is 1. The molecule has 0 aromatic heterocycles. The van der Waals surface area contributed by atoms with Gasteiger partial charge in [0.2, 0.25) is 11.8 Å². The number of hydrogen-bond acceptors (Lipinski definition) is 4. The maximum Gasteiger partial charge on any atom is 0.256 e. The Morgan fingerprint density at radius 1 is 1.32 bits per heavy atom. The molecule has 2 aliphatic heterocycles. The van der Waals surface area contributed by atoms with Gasteiger partial charge in [-0.1, -0.05) is 6.07 Å². The smallest absolute Gasteiger partial charge is 0.256 e. The van der Waals surface area contributed by atoms with Gasteiger partial charge < -0.3 is 10.6 Å². The van der Waals surface area contributed by atoms with Crippen LogP contribution in [0.2, 0.25) is 0 Å². The van der Waals surface area contributed by atoms with Crippen molar-refractivity contribution in [2.24, 2.45) is 5.73 Å². The van der Waals surface area contributed by atoms with Crippen LogP contribution in [0.25, 0.3) is 0 Å². The van der Waals surface area contributed by atoms with Crippen LogP contribution in [0, 0.1) is 5.82 Å². The number of amides is 4. The third-order valence-corrected chi connectivity index (χ3v) is 3.89. The molecule has 8 heteroatoms. The molecule has 1 aromatic carbocycles. The zero-order valence-corrected chi connectivity index (χ0v) is 11.4. The molecular weight excluding hydrogens is 293 g/mol. The van der Waals surface area contributed by atoms with Gasteiger partial charge in [0.05, 0.1) is 11.1 Å². The van der Waals surface area contributed by atoms with Crippen molar-refractivity contribution in [3.63, 3.8) is 0 Å². The van der Waals surface area contributed by atoms with Gasteiger partial charge in [-0.15, -0.1) is 0 Å². The minimum absolute atomic E-state index is 0.0704. The van der Waals surface area contributed by atoms with Crippen molar-refractivity contribution in [3.05, 3.63) is 34.6 Å². The zero-order valence-electron chi connectivity index (χ0n) is 11.4. The fourth-order valence-corrected chi connectivity index (χ4v) is 2.87. The summed E-state index contributed by atoms with van der Waals surface area (Å²) in [5.41, 5.74) is 5.02. The van der Waals surface area contributed by atoms with Gasteiger partial charge in [0.1, 0.15) is 11.9 Å². The summed E-state index contributed by atoms with van der Waals surface area (Å²) in [5, 5.41) is 2.16. The van der Waals surface area contributed by atoms with Crippen molar-refractivity contribution in [2.45, 2.75) is 25.4 Å². The van der Waals surface area contributed by atoms with E-state index < -0.39 is 41.1 Å². The maximum absolute atomic E-state index is 13.8. The van der Waals surface area contributed by atoms with E-state index in [0.717, 1.165) is 6.07 Å². The molecule has 7 nitrogen and oxygen atoms in total. The van der Waals surface area contributed by atoms with E-state index >= 15 is 0 Å². The van der Waals surface area contributed by atoms with E-state index in [1.54, 1.807) is 0 Å². The highest BCUT2D eigenvalue weighted by atomic mass is 19.1. The second-order valence-corrected chi connectivity index (χ2v) is 5.22. The molecule has 4 amide bonds. The van der Waals surface area contributed by atoms with E-state index in [-0.39, 0.29) is 24.9 Å². The van der Waals surface area contributed by atoms with Crippen LogP contribution in [0.5, 0.6) is 0 Å². The van der Waals surface area contributed by atoms with Crippen LogP contribution in [0.1, 0.15) is 39.1 Å². The number of hydrogen-bond donors (Lipinski definition) is 2. The van der Waals surface area contributed by atoms with Crippen LogP contribution in [0.3, 0.4) is 0 Å². The molecule has 1 aromatic rings. The Hall–Kier alpha value is -2.77. The van der Waals surface area contributed by atoms with Crippen molar-refractivity contribution < 1.29 is 23.6 Å². The van der Waals surface area contributed by atoms with E-state index in [4.69, 9.17) is 5.73 Å². The highest BCUT2D eigenvalue weighted by Crippen LogP contribution is 2.30. The first-order valence-electron chi connectivity index (χ1n) is 6.66. The van der Waals surface area contributed by atoms with Crippen molar-refractivity contribution in [3.8, 4) is 0 Å². The topological polar surface area (TPSA) is 110 Å². The van der Waals surface area contributed by atoms with Crippen LogP contribution < -0.4 is 11.1 Å². The number of nitrogens with one attached hydrogen (secondary N) is 1. The number of piperidine rings is 1. The van der Waals surface area contributed by atoms with E-state index in [1.165, 1.54) is 11.0 Å². The number of imide groups is 1. The number of benzene rings is 1. The lowest BCUT2D eigenvalue weighted by molar-refractivity contribution is -0.136. The second-order valence-electron chi connectivity index (χ2n) is 5.22. The number of nitrogens with zero attached hydrogens (tertiary/aromatic N) is 1. The first-order valence-corrected chi connectivity index (χ1v) is 6.66. The SMILES string of the molecule is NC(=O)c1c(F)ccc2c1C(=O)N(C1CCC(=O)NC1=O)C2. The molecule has 0 bridgehead atoms. The van der Waals surface area contributed by atoms with Crippen molar-refractivity contribution in [1.82, 2.24) is 10.2 Å². The molecule has 0 radical (unpaired) electrons. The van der Waals surface area contributed by atoms with E-state index in [2.05, 4.69) is 5.32 Å². The minimum Gasteiger partial charge on any atom is -0.365 e. The molecule has 0 spiro atoms. The first kappa shape index (κ1) is 14.2.